The Morgan fingerprint density at radius 1 is 1.08 bits per heavy atom. The van der Waals surface area contributed by atoms with Crippen LogP contribution in [-0.2, 0) is 13.2 Å². The first kappa shape index (κ1) is 27.1. The molecule has 36 heavy (non-hydrogen) atoms. The highest BCUT2D eigenvalue weighted by atomic mass is 35.5. The zero-order chi connectivity index (χ0) is 26.8. The van der Waals surface area contributed by atoms with E-state index in [1.54, 1.807) is 7.05 Å². The minimum atomic E-state index is -0.917. The Balaban J connectivity index is 1.85. The average molecular weight is 522 g/mol. The fraction of sp³-hybridized carbons (Fsp3) is 0.308. The number of nitrogens with zero attached hydrogens (tertiary/aromatic N) is 2. The van der Waals surface area contributed by atoms with Crippen molar-refractivity contribution in [2.45, 2.75) is 46.4 Å². The van der Waals surface area contributed by atoms with Gasteiger partial charge in [-0.15, -0.1) is 0 Å². The van der Waals surface area contributed by atoms with Crippen LogP contribution in [0.3, 0.4) is 0 Å². The molecule has 0 aliphatic heterocycles. The van der Waals surface area contributed by atoms with E-state index in [2.05, 4.69) is 5.32 Å². The van der Waals surface area contributed by atoms with Crippen molar-refractivity contribution in [1.82, 2.24) is 14.8 Å². The van der Waals surface area contributed by atoms with E-state index in [0.29, 0.717) is 11.1 Å². The molecule has 2 amide bonds. The molecular formula is C26H27ClF3N3O3. The quantitative estimate of drug-likeness (QED) is 0.450. The molecule has 1 aromatic heterocycles. The summed E-state index contributed by atoms with van der Waals surface area (Å²) in [6.07, 6.45) is 0. The predicted octanol–water partition coefficient (Wildman–Crippen LogP) is 5.74. The van der Waals surface area contributed by atoms with Crippen LogP contribution in [-0.4, -0.2) is 28.1 Å². The van der Waals surface area contributed by atoms with Crippen LogP contribution in [0.2, 0.25) is 5.02 Å². The molecule has 0 aliphatic carbocycles. The molecule has 0 fully saturated rings. The summed E-state index contributed by atoms with van der Waals surface area (Å²) in [6, 6.07) is 8.35. The van der Waals surface area contributed by atoms with E-state index in [1.807, 2.05) is 20.8 Å². The molecule has 1 heterocycles. The van der Waals surface area contributed by atoms with Crippen molar-refractivity contribution in [2.24, 2.45) is 0 Å². The summed E-state index contributed by atoms with van der Waals surface area (Å²) in [5, 5.41) is 2.38. The van der Waals surface area contributed by atoms with E-state index < -0.39 is 34.2 Å². The van der Waals surface area contributed by atoms with Gasteiger partial charge in [0.25, 0.3) is 5.56 Å². The summed E-state index contributed by atoms with van der Waals surface area (Å²) < 4.78 is 49.1. The summed E-state index contributed by atoms with van der Waals surface area (Å²) in [4.78, 5) is 26.8. The number of urea groups is 1. The molecule has 192 valence electrons. The van der Waals surface area contributed by atoms with Gasteiger partial charge in [0.05, 0.1) is 0 Å². The number of aryl methyl sites for hydroxylation is 1. The number of halogens is 4. The minimum absolute atomic E-state index is 0.000981. The second-order valence-electron chi connectivity index (χ2n) is 9.27. The maximum Gasteiger partial charge on any atom is 0.317 e. The molecule has 0 unspecified atom stereocenters. The molecule has 0 aliphatic rings. The number of rotatable bonds is 6. The number of hydrogen-bond donors (Lipinski definition) is 1. The highest BCUT2D eigenvalue weighted by Crippen LogP contribution is 2.27. The van der Waals surface area contributed by atoms with Gasteiger partial charge in [-0.2, -0.15) is 0 Å². The Kier molecular flexibility index (Phi) is 8.03. The monoisotopic (exact) mass is 521 g/mol. The van der Waals surface area contributed by atoms with Gasteiger partial charge >= 0.3 is 6.03 Å². The van der Waals surface area contributed by atoms with Crippen molar-refractivity contribution in [3.05, 3.63) is 92.1 Å². The second-order valence-corrected chi connectivity index (χ2v) is 9.64. The highest BCUT2D eigenvalue weighted by molar-refractivity contribution is 6.31. The summed E-state index contributed by atoms with van der Waals surface area (Å²) in [6.45, 7) is 7.07. The summed E-state index contributed by atoms with van der Waals surface area (Å²) in [5.74, 6) is -2.32. The molecular weight excluding hydrogens is 495 g/mol. The maximum absolute atomic E-state index is 14.3. The normalized spacial score (nSPS) is 11.4. The smallest absolute Gasteiger partial charge is 0.317 e. The Hall–Kier alpha value is -3.46. The topological polar surface area (TPSA) is 63.6 Å². The molecule has 3 rings (SSSR count). The lowest BCUT2D eigenvalue weighted by molar-refractivity contribution is 0.165. The lowest BCUT2D eigenvalue weighted by Gasteiger charge is -2.32. The zero-order valence-electron chi connectivity index (χ0n) is 20.6. The van der Waals surface area contributed by atoms with Crippen LogP contribution < -0.4 is 15.6 Å². The number of aromatic nitrogens is 1. The fourth-order valence-corrected chi connectivity index (χ4v) is 3.61. The molecule has 2 aromatic carbocycles. The first-order valence-corrected chi connectivity index (χ1v) is 11.5. The van der Waals surface area contributed by atoms with Gasteiger partial charge in [-0.1, -0.05) is 23.7 Å². The van der Waals surface area contributed by atoms with Crippen molar-refractivity contribution >= 4 is 17.6 Å². The lowest BCUT2D eigenvalue weighted by Crippen LogP contribution is -2.47. The number of hydrogen-bond acceptors (Lipinski definition) is 3. The number of ether oxygens (including phenoxy) is 1. The van der Waals surface area contributed by atoms with Crippen LogP contribution in [0.1, 0.15) is 37.6 Å². The van der Waals surface area contributed by atoms with Crippen LogP contribution in [0.15, 0.2) is 47.3 Å². The fourth-order valence-electron chi connectivity index (χ4n) is 3.42. The first-order chi connectivity index (χ1) is 16.8. The van der Waals surface area contributed by atoms with E-state index in [1.165, 1.54) is 42.2 Å². The molecule has 6 nitrogen and oxygen atoms in total. The first-order valence-electron chi connectivity index (χ1n) is 11.1. The molecule has 3 aromatic rings. The van der Waals surface area contributed by atoms with Gasteiger partial charge in [-0.3, -0.25) is 9.36 Å². The number of amides is 2. The third-order valence-electron chi connectivity index (χ3n) is 5.75. The lowest BCUT2D eigenvalue weighted by atomic mass is 10.1. The maximum atomic E-state index is 14.3. The number of carbonyl (C=O) groups is 1. The summed E-state index contributed by atoms with van der Waals surface area (Å²) >= 11 is 6.21. The number of para-hydroxylation sites is 1. The molecule has 0 saturated carbocycles. The number of pyridine rings is 1. The molecule has 0 saturated heterocycles. The third kappa shape index (κ3) is 5.84. The van der Waals surface area contributed by atoms with Crippen molar-refractivity contribution in [3.63, 3.8) is 0 Å². The van der Waals surface area contributed by atoms with Gasteiger partial charge in [-0.25, -0.2) is 18.0 Å². The van der Waals surface area contributed by atoms with Crippen molar-refractivity contribution in [1.29, 1.82) is 0 Å². The Morgan fingerprint density at radius 2 is 1.72 bits per heavy atom. The third-order valence-corrected chi connectivity index (χ3v) is 6.10. The van der Waals surface area contributed by atoms with Gasteiger partial charge in [0, 0.05) is 30.9 Å². The Bertz CT molecular complexity index is 1330. The average Bonchev–Trinajstić information content (AvgIpc) is 2.80. The molecule has 0 atom stereocenters. The van der Waals surface area contributed by atoms with Crippen LogP contribution in [0.4, 0.5) is 18.0 Å². The zero-order valence-corrected chi connectivity index (χ0v) is 21.3. The second kappa shape index (κ2) is 10.7. The molecule has 0 bridgehead atoms. The Labute approximate surface area is 212 Å². The SMILES string of the molecule is Cc1cc(OCc2ccc(F)cc2CNC(=O)N(C)C(C)(C)C)c(Cl)c(=O)n1-c1c(F)cccc1F. The van der Waals surface area contributed by atoms with E-state index in [-0.39, 0.29) is 35.6 Å². The minimum Gasteiger partial charge on any atom is -0.487 e. The molecule has 10 heteroatoms. The van der Waals surface area contributed by atoms with E-state index in [0.717, 1.165) is 16.7 Å². The van der Waals surface area contributed by atoms with Crippen molar-refractivity contribution in [3.8, 4) is 11.4 Å². The molecule has 0 spiro atoms. The van der Waals surface area contributed by atoms with Crippen molar-refractivity contribution in [2.75, 3.05) is 7.05 Å². The highest BCUT2D eigenvalue weighted by Gasteiger charge is 2.23. The largest absolute Gasteiger partial charge is 0.487 e. The van der Waals surface area contributed by atoms with Gasteiger partial charge < -0.3 is 15.0 Å². The standard InChI is InChI=1S/C26H27ClF3N3O3/c1-15-11-21(22(27)24(34)33(15)23-19(29)7-6-8-20(23)30)36-14-16-9-10-18(28)12-17(16)13-31-25(35)32(5)26(2,3)4/h6-12H,13-14H2,1-5H3,(H,31,35). The summed E-state index contributed by atoms with van der Waals surface area (Å²) in [5.41, 5.74) is -0.579. The summed E-state index contributed by atoms with van der Waals surface area (Å²) in [7, 11) is 1.66. The van der Waals surface area contributed by atoms with Gasteiger partial charge in [-0.05, 0) is 63.1 Å². The van der Waals surface area contributed by atoms with Crippen LogP contribution in [0.5, 0.6) is 5.75 Å². The van der Waals surface area contributed by atoms with Gasteiger partial charge in [0.15, 0.2) is 0 Å². The molecule has 1 N–H and O–H groups in total. The van der Waals surface area contributed by atoms with E-state index >= 15 is 0 Å². The number of nitrogens with one attached hydrogen (secondary N) is 1. The van der Waals surface area contributed by atoms with Crippen LogP contribution in [0.25, 0.3) is 5.69 Å². The van der Waals surface area contributed by atoms with Gasteiger partial charge in [0.2, 0.25) is 0 Å². The van der Waals surface area contributed by atoms with Crippen LogP contribution >= 0.6 is 11.6 Å². The van der Waals surface area contributed by atoms with Crippen LogP contribution in [0, 0.1) is 24.4 Å². The van der Waals surface area contributed by atoms with Gasteiger partial charge in [0.1, 0.15) is 40.5 Å². The predicted molar refractivity (Wildman–Crippen MR) is 132 cm³/mol. The number of benzene rings is 2. The Morgan fingerprint density at radius 3 is 2.33 bits per heavy atom. The number of carbonyl (C=O) groups excluding carboxylic acids is 1. The van der Waals surface area contributed by atoms with Crippen molar-refractivity contribution < 1.29 is 22.7 Å². The van der Waals surface area contributed by atoms with E-state index in [9.17, 15) is 22.8 Å². The van der Waals surface area contributed by atoms with E-state index in [4.69, 9.17) is 16.3 Å². The molecule has 0 radical (unpaired) electrons.